The van der Waals surface area contributed by atoms with Crippen LogP contribution in [0.25, 0.3) is 10.9 Å². The largest absolute Gasteiger partial charge is 0.480 e. The van der Waals surface area contributed by atoms with Gasteiger partial charge in [-0.25, -0.2) is 9.59 Å². The van der Waals surface area contributed by atoms with Crippen molar-refractivity contribution in [2.24, 2.45) is 23.7 Å². The van der Waals surface area contributed by atoms with E-state index in [-0.39, 0.29) is 30.8 Å². The highest BCUT2D eigenvalue weighted by atomic mass is 16.5. The number of aromatic amines is 1. The molecule has 0 bridgehead atoms. The molecule has 20 heteroatoms. The van der Waals surface area contributed by atoms with Gasteiger partial charge in [0.2, 0.25) is 35.4 Å². The highest BCUT2D eigenvalue weighted by Gasteiger charge is 2.38. The van der Waals surface area contributed by atoms with E-state index in [0.717, 1.165) is 26.9 Å². The summed E-state index contributed by atoms with van der Waals surface area (Å²) in [6, 6.07) is 8.28. The van der Waals surface area contributed by atoms with Gasteiger partial charge in [0.25, 0.3) is 5.91 Å². The number of carboxylic acids is 2. The molecule has 4 rings (SSSR count). The lowest BCUT2D eigenvalue weighted by molar-refractivity contribution is -0.146. The molecule has 1 saturated heterocycles. The summed E-state index contributed by atoms with van der Waals surface area (Å²) in [5.74, 6) is -12.2. The Balaban J connectivity index is 1.81. The molecular weight excluding hydrogens is 953 g/mol. The number of para-hydroxylation sites is 1. The third-order valence-corrected chi connectivity index (χ3v) is 13.1. The number of ether oxygens (including phenoxy) is 1. The zero-order chi connectivity index (χ0) is 55.0. The van der Waals surface area contributed by atoms with Crippen molar-refractivity contribution in [3.8, 4) is 0 Å². The molecule has 9 N–H and O–H groups in total. The Morgan fingerprint density at radius 1 is 0.784 bits per heavy atom. The van der Waals surface area contributed by atoms with Crippen LogP contribution in [0.1, 0.15) is 78.9 Å². The van der Waals surface area contributed by atoms with Gasteiger partial charge in [0.1, 0.15) is 35.9 Å². The van der Waals surface area contributed by atoms with Crippen molar-refractivity contribution in [1.29, 1.82) is 0 Å². The zero-order valence-corrected chi connectivity index (χ0v) is 43.5. The van der Waals surface area contributed by atoms with Crippen LogP contribution in [0.5, 0.6) is 0 Å². The van der Waals surface area contributed by atoms with Crippen LogP contribution in [0, 0.1) is 23.7 Å². The third-order valence-electron chi connectivity index (χ3n) is 13.1. The summed E-state index contributed by atoms with van der Waals surface area (Å²) in [6.45, 7) is 15.0. The summed E-state index contributed by atoms with van der Waals surface area (Å²) < 4.78 is 5.85. The van der Waals surface area contributed by atoms with Gasteiger partial charge in [-0.15, -0.1) is 0 Å². The fourth-order valence-electron chi connectivity index (χ4n) is 8.41. The molecule has 1 aliphatic rings. The van der Waals surface area contributed by atoms with Crippen molar-refractivity contribution >= 4 is 64.2 Å². The van der Waals surface area contributed by atoms with Crippen molar-refractivity contribution in [2.75, 3.05) is 14.2 Å². The second-order valence-corrected chi connectivity index (χ2v) is 19.4. The van der Waals surface area contributed by atoms with Crippen LogP contribution in [0.2, 0.25) is 0 Å². The number of nitrogens with one attached hydrogen (secondary N) is 7. The van der Waals surface area contributed by atoms with Crippen molar-refractivity contribution in [1.82, 2.24) is 41.8 Å². The fourth-order valence-corrected chi connectivity index (χ4v) is 8.41. The molecule has 2 heterocycles. The van der Waals surface area contributed by atoms with Crippen LogP contribution in [-0.2, 0) is 60.7 Å². The monoisotopic (exact) mass is 1020 g/mol. The molecule has 400 valence electrons. The zero-order valence-electron chi connectivity index (χ0n) is 43.5. The first kappa shape index (κ1) is 59.0. The van der Waals surface area contributed by atoms with Gasteiger partial charge in [0.15, 0.2) is 0 Å². The normalized spacial score (nSPS) is 24.9. The predicted octanol–water partition coefficient (Wildman–Crippen LogP) is 3.29. The summed E-state index contributed by atoms with van der Waals surface area (Å²) in [4.78, 5) is 127. The number of benzene rings is 2. The van der Waals surface area contributed by atoms with Crippen LogP contribution < -0.4 is 31.9 Å². The molecule has 0 aliphatic carbocycles. The molecule has 3 aromatic rings. The van der Waals surface area contributed by atoms with Crippen LogP contribution in [-0.4, -0.2) is 130 Å². The molecule has 7 amide bonds. The van der Waals surface area contributed by atoms with Gasteiger partial charge in [-0.05, 0) is 56.2 Å². The summed E-state index contributed by atoms with van der Waals surface area (Å²) in [5, 5.41) is 36.8. The number of methoxy groups -OCH3 is 1. The maximum atomic E-state index is 14.8. The van der Waals surface area contributed by atoms with Gasteiger partial charge < -0.3 is 56.7 Å². The molecular formula is C54H72N8O12. The van der Waals surface area contributed by atoms with E-state index in [9.17, 15) is 53.4 Å². The van der Waals surface area contributed by atoms with Crippen LogP contribution >= 0.6 is 0 Å². The SMILES string of the molecule is C=C1C(=O)NC(C)C(=O)NC(CC(C)C)C(=O)NC(C(=O)O)C(C)C(=O)NC(Cc2c[nH]c3ccccc23)C(=O)NC(/C=C\C(C)=C\C(C)C(Cc2ccccc2)OC)C(C)C(=O)NC(C(=O)O)CCC(=O)N1C. The standard InChI is InChI=1S/C54H72N8O12/c1-29(2)24-42-52(69)61-46(54(72)73)33(6)48(65)59-43(27-37-28-55-40-19-15-14-18-38(37)40)51(68)57-39(21-20-30(3)25-31(4)44(74-10)26-36-16-12-11-13-17-36)32(5)47(64)58-41(53(70)71)22-23-45(63)62(9)35(8)50(67)56-34(7)49(66)60-42/h11-21,25,28-29,31-34,39,41-44,46,55H,8,22-24,26-27H2,1-7,9-10H3,(H,56,67)(H,57,68)(H,58,64)(H,59,65)(H,60,66)(H,61,69)(H,70,71)(H,72,73)/b21-20-,30-25+. The summed E-state index contributed by atoms with van der Waals surface area (Å²) in [6.07, 6.45) is 6.26. The molecule has 1 aliphatic heterocycles. The van der Waals surface area contributed by atoms with Crippen LogP contribution in [0.4, 0.5) is 0 Å². The maximum Gasteiger partial charge on any atom is 0.327 e. The fraction of sp³-hybridized carbons (Fsp3) is 0.463. The number of hydrogen-bond acceptors (Lipinski definition) is 10. The Hall–Kier alpha value is -7.61. The van der Waals surface area contributed by atoms with Crippen molar-refractivity contribution < 1.29 is 58.1 Å². The number of amides is 7. The minimum Gasteiger partial charge on any atom is -0.480 e. The second kappa shape index (κ2) is 27.4. The number of hydrogen-bond donors (Lipinski definition) is 9. The van der Waals surface area contributed by atoms with Crippen molar-refractivity contribution in [3.63, 3.8) is 0 Å². The molecule has 2 aromatic carbocycles. The average molecular weight is 1030 g/mol. The number of aliphatic carboxylic acids is 2. The van der Waals surface area contributed by atoms with E-state index in [2.05, 4.69) is 43.5 Å². The number of H-pyrrole nitrogens is 1. The number of carboxylic acid groups (broad SMARTS) is 2. The van der Waals surface area contributed by atoms with Crippen molar-refractivity contribution in [2.45, 2.75) is 123 Å². The smallest absolute Gasteiger partial charge is 0.327 e. The third kappa shape index (κ3) is 16.7. The van der Waals surface area contributed by atoms with E-state index in [1.807, 2.05) is 68.5 Å². The minimum absolute atomic E-state index is 0.0149. The lowest BCUT2D eigenvalue weighted by Crippen LogP contribution is -2.59. The molecule has 10 unspecified atom stereocenters. The molecule has 20 nitrogen and oxygen atoms in total. The number of fused-ring (bicyclic) bond motifs is 1. The Kier molecular flexibility index (Phi) is 21.9. The second-order valence-electron chi connectivity index (χ2n) is 19.4. The van der Waals surface area contributed by atoms with Gasteiger partial charge >= 0.3 is 11.9 Å². The van der Waals surface area contributed by atoms with Crippen LogP contribution in [0.15, 0.2) is 96.9 Å². The topological polar surface area (TPSA) is 295 Å². The number of nitrogens with zero attached hydrogens (tertiary/aromatic N) is 1. The van der Waals surface area contributed by atoms with E-state index in [0.29, 0.717) is 12.0 Å². The Bertz CT molecular complexity index is 2590. The van der Waals surface area contributed by atoms with E-state index >= 15 is 0 Å². The summed E-state index contributed by atoms with van der Waals surface area (Å²) in [5.41, 5.74) is 2.72. The molecule has 74 heavy (non-hydrogen) atoms. The van der Waals surface area contributed by atoms with E-state index in [1.165, 1.54) is 27.8 Å². The highest BCUT2D eigenvalue weighted by Crippen LogP contribution is 2.22. The van der Waals surface area contributed by atoms with Gasteiger partial charge in [-0.1, -0.05) is 114 Å². The highest BCUT2D eigenvalue weighted by molar-refractivity contribution is 6.00. The molecule has 0 radical (unpaired) electrons. The number of allylic oxidation sites excluding steroid dienone is 2. The van der Waals surface area contributed by atoms with E-state index in [4.69, 9.17) is 4.74 Å². The Morgan fingerprint density at radius 3 is 2.04 bits per heavy atom. The van der Waals surface area contributed by atoms with E-state index in [1.54, 1.807) is 45.4 Å². The van der Waals surface area contributed by atoms with Crippen molar-refractivity contribution in [3.05, 3.63) is 108 Å². The molecule has 0 saturated carbocycles. The first-order valence-electron chi connectivity index (χ1n) is 24.6. The van der Waals surface area contributed by atoms with Gasteiger partial charge in [0, 0.05) is 50.0 Å². The van der Waals surface area contributed by atoms with Crippen LogP contribution in [0.3, 0.4) is 0 Å². The maximum absolute atomic E-state index is 14.8. The Morgan fingerprint density at radius 2 is 1.41 bits per heavy atom. The number of likely N-dealkylation sites (N-methyl/N-ethyl adjacent to an activating group) is 1. The number of aromatic nitrogens is 1. The van der Waals surface area contributed by atoms with E-state index < -0.39 is 120 Å². The number of carbonyl (C=O) groups is 9. The molecule has 1 fully saturated rings. The Labute approximate surface area is 431 Å². The first-order chi connectivity index (χ1) is 34.9. The summed E-state index contributed by atoms with van der Waals surface area (Å²) in [7, 11) is 2.85. The number of carbonyl (C=O) groups excluding carboxylic acids is 7. The first-order valence-corrected chi connectivity index (χ1v) is 24.6. The van der Waals surface area contributed by atoms with Gasteiger partial charge in [-0.3, -0.25) is 33.6 Å². The molecule has 10 atom stereocenters. The lowest BCUT2D eigenvalue weighted by Gasteiger charge is -2.28. The molecule has 0 spiro atoms. The van der Waals surface area contributed by atoms with Gasteiger partial charge in [0.05, 0.1) is 24.0 Å². The number of rotatable bonds is 13. The average Bonchev–Trinajstić information content (AvgIpc) is 3.77. The van der Waals surface area contributed by atoms with Gasteiger partial charge in [-0.2, -0.15) is 0 Å². The lowest BCUT2D eigenvalue weighted by atomic mass is 9.94. The summed E-state index contributed by atoms with van der Waals surface area (Å²) >= 11 is 0. The minimum atomic E-state index is -1.88. The quantitative estimate of drug-likeness (QED) is 0.0881. The molecule has 1 aromatic heterocycles. The predicted molar refractivity (Wildman–Crippen MR) is 276 cm³/mol.